The second-order valence-corrected chi connectivity index (χ2v) is 15.8. The van der Waals surface area contributed by atoms with E-state index in [0.29, 0.717) is 5.92 Å². The van der Waals surface area contributed by atoms with Crippen molar-refractivity contribution >= 4 is 0 Å². The van der Waals surface area contributed by atoms with Gasteiger partial charge in [-0.2, -0.15) is 0 Å². The number of hydrogen-bond donors (Lipinski definition) is 2. The van der Waals surface area contributed by atoms with E-state index in [4.69, 9.17) is 5.73 Å². The molecule has 0 aromatic carbocycles. The molecule has 0 aromatic heterocycles. The van der Waals surface area contributed by atoms with Gasteiger partial charge in [0.25, 0.3) is 0 Å². The van der Waals surface area contributed by atoms with Gasteiger partial charge in [0.1, 0.15) is 0 Å². The van der Waals surface area contributed by atoms with Gasteiger partial charge in [0.15, 0.2) is 0 Å². The summed E-state index contributed by atoms with van der Waals surface area (Å²) in [6.45, 7) is 8.94. The molecule has 0 aliphatic heterocycles. The van der Waals surface area contributed by atoms with E-state index in [0.717, 1.165) is 19.5 Å². The van der Waals surface area contributed by atoms with Crippen LogP contribution in [0, 0.1) is 5.92 Å². The summed E-state index contributed by atoms with van der Waals surface area (Å²) in [6, 6.07) is 0. The molecule has 0 spiro atoms. The molecule has 278 valence electrons. The second kappa shape index (κ2) is 36.2. The molecule has 0 radical (unpaired) electrons. The first-order chi connectivity index (χ1) is 22.5. The molecular formula is C43H90N2O. The van der Waals surface area contributed by atoms with Crippen LogP contribution in [0.5, 0.6) is 0 Å². The lowest BCUT2D eigenvalue weighted by Crippen LogP contribution is -2.48. The highest BCUT2D eigenvalue weighted by Gasteiger charge is 2.30. The van der Waals surface area contributed by atoms with Gasteiger partial charge >= 0.3 is 0 Å². The minimum atomic E-state index is -0.102. The van der Waals surface area contributed by atoms with Crippen LogP contribution in [0.15, 0.2) is 0 Å². The van der Waals surface area contributed by atoms with Crippen molar-refractivity contribution < 1.29 is 5.11 Å². The summed E-state index contributed by atoms with van der Waals surface area (Å²) >= 11 is 0. The van der Waals surface area contributed by atoms with Crippen LogP contribution < -0.4 is 5.73 Å². The number of nitrogens with zero attached hydrogens (tertiary/aromatic N) is 1. The van der Waals surface area contributed by atoms with E-state index in [9.17, 15) is 5.11 Å². The van der Waals surface area contributed by atoms with Crippen molar-refractivity contribution in [2.24, 2.45) is 11.7 Å². The van der Waals surface area contributed by atoms with Crippen LogP contribution in [0.2, 0.25) is 0 Å². The molecule has 0 bridgehead atoms. The smallest absolute Gasteiger partial charge is 0.0558 e. The zero-order chi connectivity index (χ0) is 33.8. The van der Waals surface area contributed by atoms with Crippen molar-refractivity contribution in [3.05, 3.63) is 0 Å². The van der Waals surface area contributed by atoms with Gasteiger partial charge in [0, 0.05) is 18.6 Å². The molecule has 46 heavy (non-hydrogen) atoms. The molecule has 0 aromatic rings. The fraction of sp³-hybridized carbons (Fsp3) is 1.00. The molecule has 0 aliphatic rings. The summed E-state index contributed by atoms with van der Waals surface area (Å²) in [7, 11) is 2.15. The van der Waals surface area contributed by atoms with E-state index in [1.807, 2.05) is 0 Å². The number of aliphatic hydroxyl groups excluding tert-OH is 1. The standard InChI is InChI=1S/C43H90N2O/c1-5-7-9-11-13-15-17-19-21-23-25-27-29-31-33-35-37-42(41-45(4)39-40-46)43(3,44)38-36-34-32-30-28-26-24-22-20-18-16-14-12-10-8-6-2/h42,46H,5-41,44H2,1-4H3. The lowest BCUT2D eigenvalue weighted by molar-refractivity contribution is 0.153. The van der Waals surface area contributed by atoms with Crippen LogP contribution in [0.1, 0.15) is 239 Å². The SMILES string of the molecule is CCCCCCCCCCCCCCCCCCC(CN(C)CCO)C(C)(N)CCCCCCCCCCCCCCCCCC. The Morgan fingerprint density at radius 2 is 0.761 bits per heavy atom. The Hall–Kier alpha value is -0.120. The summed E-state index contributed by atoms with van der Waals surface area (Å²) in [4.78, 5) is 2.30. The van der Waals surface area contributed by atoms with Gasteiger partial charge in [-0.3, -0.25) is 0 Å². The van der Waals surface area contributed by atoms with Crippen molar-refractivity contribution in [2.75, 3.05) is 26.7 Å². The number of aliphatic hydroxyl groups is 1. The van der Waals surface area contributed by atoms with Crippen molar-refractivity contribution in [2.45, 2.75) is 245 Å². The largest absolute Gasteiger partial charge is 0.395 e. The monoisotopic (exact) mass is 651 g/mol. The van der Waals surface area contributed by atoms with Gasteiger partial charge in [-0.1, -0.05) is 219 Å². The normalized spacial score (nSPS) is 13.9. The Bertz CT molecular complexity index is 565. The van der Waals surface area contributed by atoms with Gasteiger partial charge in [-0.25, -0.2) is 0 Å². The molecule has 3 nitrogen and oxygen atoms in total. The van der Waals surface area contributed by atoms with Gasteiger partial charge in [0.2, 0.25) is 0 Å². The van der Waals surface area contributed by atoms with Crippen molar-refractivity contribution in [3.63, 3.8) is 0 Å². The lowest BCUT2D eigenvalue weighted by Gasteiger charge is -2.37. The average molecular weight is 651 g/mol. The first kappa shape index (κ1) is 45.9. The number of hydrogen-bond acceptors (Lipinski definition) is 3. The van der Waals surface area contributed by atoms with Crippen LogP contribution in [-0.2, 0) is 0 Å². The van der Waals surface area contributed by atoms with Gasteiger partial charge < -0.3 is 15.7 Å². The van der Waals surface area contributed by atoms with Crippen molar-refractivity contribution in [1.29, 1.82) is 0 Å². The second-order valence-electron chi connectivity index (χ2n) is 15.8. The molecule has 0 amide bonds. The molecule has 0 heterocycles. The molecule has 0 saturated heterocycles. The van der Waals surface area contributed by atoms with Crippen LogP contribution in [-0.4, -0.2) is 42.3 Å². The fourth-order valence-corrected chi connectivity index (χ4v) is 7.46. The molecule has 0 rings (SSSR count). The highest BCUT2D eigenvalue weighted by molar-refractivity contribution is 4.88. The third-order valence-electron chi connectivity index (χ3n) is 10.9. The van der Waals surface area contributed by atoms with Crippen molar-refractivity contribution in [1.82, 2.24) is 4.90 Å². The third kappa shape index (κ3) is 32.4. The predicted molar refractivity (Wildman–Crippen MR) is 209 cm³/mol. The molecule has 2 atom stereocenters. The lowest BCUT2D eigenvalue weighted by atomic mass is 9.78. The molecule has 0 aliphatic carbocycles. The Morgan fingerprint density at radius 3 is 1.07 bits per heavy atom. The Labute approximate surface area is 292 Å². The minimum absolute atomic E-state index is 0.102. The molecular weight excluding hydrogens is 560 g/mol. The highest BCUT2D eigenvalue weighted by Crippen LogP contribution is 2.28. The highest BCUT2D eigenvalue weighted by atomic mass is 16.3. The maximum atomic E-state index is 9.46. The zero-order valence-electron chi connectivity index (χ0n) is 32.7. The van der Waals surface area contributed by atoms with Crippen LogP contribution in [0.25, 0.3) is 0 Å². The summed E-state index contributed by atoms with van der Waals surface area (Å²) in [5.41, 5.74) is 6.94. The molecule has 3 heteroatoms. The zero-order valence-corrected chi connectivity index (χ0v) is 32.7. The third-order valence-corrected chi connectivity index (χ3v) is 10.9. The maximum absolute atomic E-state index is 9.46. The van der Waals surface area contributed by atoms with E-state index < -0.39 is 0 Å². The minimum Gasteiger partial charge on any atom is -0.395 e. The molecule has 0 fully saturated rings. The molecule has 3 N–H and O–H groups in total. The number of likely N-dealkylation sites (N-methyl/N-ethyl adjacent to an activating group) is 1. The van der Waals surface area contributed by atoms with Crippen LogP contribution >= 0.6 is 0 Å². The average Bonchev–Trinajstić information content (AvgIpc) is 3.03. The Kier molecular flexibility index (Phi) is 36.1. The number of unbranched alkanes of at least 4 members (excludes halogenated alkanes) is 30. The summed E-state index contributed by atoms with van der Waals surface area (Å²) in [6.07, 6.45) is 47.8. The van der Waals surface area contributed by atoms with Crippen LogP contribution in [0.4, 0.5) is 0 Å². The van der Waals surface area contributed by atoms with Gasteiger partial charge in [-0.05, 0) is 32.7 Å². The van der Waals surface area contributed by atoms with E-state index in [1.54, 1.807) is 0 Å². The van der Waals surface area contributed by atoms with Crippen LogP contribution in [0.3, 0.4) is 0 Å². The van der Waals surface area contributed by atoms with Crippen molar-refractivity contribution in [3.8, 4) is 0 Å². The first-order valence-corrected chi connectivity index (χ1v) is 21.6. The summed E-state index contributed by atoms with van der Waals surface area (Å²) in [5, 5.41) is 9.46. The maximum Gasteiger partial charge on any atom is 0.0558 e. The topological polar surface area (TPSA) is 49.5 Å². The van der Waals surface area contributed by atoms with Gasteiger partial charge in [0.05, 0.1) is 6.61 Å². The van der Waals surface area contributed by atoms with E-state index >= 15 is 0 Å². The van der Waals surface area contributed by atoms with E-state index in [-0.39, 0.29) is 12.1 Å². The fourth-order valence-electron chi connectivity index (χ4n) is 7.46. The Balaban J connectivity index is 3.91. The predicted octanol–water partition coefficient (Wildman–Crippen LogP) is 13.5. The summed E-state index contributed by atoms with van der Waals surface area (Å²) in [5.74, 6) is 0.520. The van der Waals surface area contributed by atoms with E-state index in [1.165, 1.54) is 212 Å². The molecule has 0 saturated carbocycles. The van der Waals surface area contributed by atoms with E-state index in [2.05, 4.69) is 32.7 Å². The van der Waals surface area contributed by atoms with Gasteiger partial charge in [-0.15, -0.1) is 0 Å². The number of rotatable bonds is 39. The quantitative estimate of drug-likeness (QED) is 0.0651. The Morgan fingerprint density at radius 1 is 0.478 bits per heavy atom. The number of nitrogens with two attached hydrogens (primary N) is 1. The molecule has 2 unspecified atom stereocenters. The summed E-state index contributed by atoms with van der Waals surface area (Å²) < 4.78 is 0. The first-order valence-electron chi connectivity index (χ1n) is 21.6.